The van der Waals surface area contributed by atoms with Crippen molar-refractivity contribution in [3.63, 3.8) is 0 Å². The van der Waals surface area contributed by atoms with E-state index >= 15 is 0 Å². The summed E-state index contributed by atoms with van der Waals surface area (Å²) in [6.07, 6.45) is 7.06. The first-order valence-electron chi connectivity index (χ1n) is 9.17. The van der Waals surface area contributed by atoms with E-state index in [-0.39, 0.29) is 17.4 Å². The van der Waals surface area contributed by atoms with Gasteiger partial charge in [0, 0.05) is 24.4 Å². The summed E-state index contributed by atoms with van der Waals surface area (Å²) in [6, 6.07) is 0. The Hall–Kier alpha value is -1.65. The first kappa shape index (κ1) is 18.7. The molecule has 134 valence electrons. The Morgan fingerprint density at radius 2 is 2.04 bits per heavy atom. The van der Waals surface area contributed by atoms with Crippen LogP contribution in [-0.2, 0) is 5.41 Å². The summed E-state index contributed by atoms with van der Waals surface area (Å²) in [6.45, 7) is 12.2. The molecule has 1 aromatic rings. The van der Waals surface area contributed by atoms with Gasteiger partial charge in [-0.1, -0.05) is 53.9 Å². The number of ether oxygens (including phenoxy) is 1. The van der Waals surface area contributed by atoms with Crippen molar-refractivity contribution in [1.82, 2.24) is 14.9 Å². The Kier molecular flexibility index (Phi) is 6.19. The van der Waals surface area contributed by atoms with Gasteiger partial charge >= 0.3 is 6.09 Å². The van der Waals surface area contributed by atoms with Crippen LogP contribution in [0.2, 0.25) is 0 Å². The third-order valence-corrected chi connectivity index (χ3v) is 4.54. The predicted octanol–water partition coefficient (Wildman–Crippen LogP) is 4.66. The summed E-state index contributed by atoms with van der Waals surface area (Å²) in [5.41, 5.74) is 1.67. The zero-order valence-corrected chi connectivity index (χ0v) is 15.8. The van der Waals surface area contributed by atoms with Crippen LogP contribution in [0.4, 0.5) is 4.79 Å². The molecule has 1 aromatic heterocycles. The van der Waals surface area contributed by atoms with Gasteiger partial charge in [-0.15, -0.1) is 0 Å². The standard InChI is InChI=1S/C19H31N3O2/c1-6-7-8-10-14(2)16-17(24-18(23)22-11-9-12-22)20-13-15(21-16)19(3,4)5/h13-14H,6-12H2,1-5H3. The summed E-state index contributed by atoms with van der Waals surface area (Å²) in [4.78, 5) is 23.1. The number of unbranched alkanes of at least 4 members (excludes halogenated alkanes) is 2. The van der Waals surface area contributed by atoms with Gasteiger partial charge in [-0.25, -0.2) is 14.8 Å². The van der Waals surface area contributed by atoms with E-state index in [0.717, 1.165) is 43.7 Å². The molecule has 5 heteroatoms. The van der Waals surface area contributed by atoms with Crippen LogP contribution in [0, 0.1) is 0 Å². The normalized spacial score (nSPS) is 15.8. The summed E-state index contributed by atoms with van der Waals surface area (Å²) in [5, 5.41) is 0. The largest absolute Gasteiger partial charge is 0.416 e. The Bertz CT molecular complexity index is 562. The van der Waals surface area contributed by atoms with Crippen LogP contribution in [0.1, 0.15) is 84.0 Å². The van der Waals surface area contributed by atoms with Crippen LogP contribution in [0.15, 0.2) is 6.20 Å². The molecule has 5 nitrogen and oxygen atoms in total. The minimum Gasteiger partial charge on any atom is -0.389 e. The van der Waals surface area contributed by atoms with E-state index in [1.165, 1.54) is 12.8 Å². The second-order valence-electron chi connectivity index (χ2n) is 7.80. The molecule has 1 saturated heterocycles. The Labute approximate surface area is 145 Å². The number of carbonyl (C=O) groups excluding carboxylic acids is 1. The molecule has 0 spiro atoms. The van der Waals surface area contributed by atoms with E-state index in [4.69, 9.17) is 9.72 Å². The molecule has 24 heavy (non-hydrogen) atoms. The monoisotopic (exact) mass is 333 g/mol. The van der Waals surface area contributed by atoms with Gasteiger partial charge in [0.1, 0.15) is 5.69 Å². The van der Waals surface area contributed by atoms with E-state index < -0.39 is 0 Å². The molecule has 0 bridgehead atoms. The maximum Gasteiger partial charge on any atom is 0.416 e. The highest BCUT2D eigenvalue weighted by Crippen LogP contribution is 2.30. The fourth-order valence-corrected chi connectivity index (χ4v) is 2.64. The number of hydrogen-bond acceptors (Lipinski definition) is 4. The van der Waals surface area contributed by atoms with Crippen LogP contribution in [0.25, 0.3) is 0 Å². The molecule has 1 unspecified atom stereocenters. The van der Waals surface area contributed by atoms with E-state index in [1.54, 1.807) is 11.1 Å². The van der Waals surface area contributed by atoms with E-state index in [9.17, 15) is 4.79 Å². The van der Waals surface area contributed by atoms with Crippen molar-refractivity contribution in [2.24, 2.45) is 0 Å². The SMILES string of the molecule is CCCCCC(C)c1nc(C(C)(C)C)cnc1OC(=O)N1CCC1. The molecule has 2 rings (SSSR count). The van der Waals surface area contributed by atoms with Crippen LogP contribution in [0.5, 0.6) is 5.88 Å². The predicted molar refractivity (Wildman–Crippen MR) is 95.5 cm³/mol. The Morgan fingerprint density at radius 3 is 2.58 bits per heavy atom. The molecular formula is C19H31N3O2. The summed E-state index contributed by atoms with van der Waals surface area (Å²) >= 11 is 0. The van der Waals surface area contributed by atoms with Gasteiger partial charge in [0.25, 0.3) is 0 Å². The van der Waals surface area contributed by atoms with Gasteiger partial charge < -0.3 is 9.64 Å². The highest BCUT2D eigenvalue weighted by atomic mass is 16.6. The lowest BCUT2D eigenvalue weighted by atomic mass is 9.92. The third-order valence-electron chi connectivity index (χ3n) is 4.54. The number of likely N-dealkylation sites (tertiary alicyclic amines) is 1. The molecule has 1 aliphatic rings. The lowest BCUT2D eigenvalue weighted by Crippen LogP contribution is -2.43. The number of hydrogen-bond donors (Lipinski definition) is 0. The van der Waals surface area contributed by atoms with Gasteiger partial charge in [0.2, 0.25) is 5.88 Å². The van der Waals surface area contributed by atoms with Gasteiger partial charge in [-0.2, -0.15) is 0 Å². The zero-order chi connectivity index (χ0) is 17.7. The first-order chi connectivity index (χ1) is 11.3. The second kappa shape index (κ2) is 7.95. The number of rotatable bonds is 6. The van der Waals surface area contributed by atoms with Gasteiger partial charge in [0.15, 0.2) is 0 Å². The minimum absolute atomic E-state index is 0.0785. The van der Waals surface area contributed by atoms with Crippen LogP contribution >= 0.6 is 0 Å². The van der Waals surface area contributed by atoms with E-state index in [1.807, 2.05) is 0 Å². The van der Waals surface area contributed by atoms with Gasteiger partial charge in [-0.3, -0.25) is 0 Å². The molecule has 1 fully saturated rings. The zero-order valence-electron chi connectivity index (χ0n) is 15.8. The minimum atomic E-state index is -0.305. The number of amides is 1. The highest BCUT2D eigenvalue weighted by Gasteiger charge is 2.26. The average molecular weight is 333 g/mol. The molecule has 0 N–H and O–H groups in total. The van der Waals surface area contributed by atoms with Crippen molar-refractivity contribution in [3.8, 4) is 5.88 Å². The quantitative estimate of drug-likeness (QED) is 0.710. The Balaban J connectivity index is 2.21. The van der Waals surface area contributed by atoms with Crippen molar-refractivity contribution >= 4 is 6.09 Å². The maximum atomic E-state index is 12.1. The molecular weight excluding hydrogens is 302 g/mol. The summed E-state index contributed by atoms with van der Waals surface area (Å²) in [7, 11) is 0. The maximum absolute atomic E-state index is 12.1. The second-order valence-corrected chi connectivity index (χ2v) is 7.80. The Morgan fingerprint density at radius 1 is 1.33 bits per heavy atom. The van der Waals surface area contributed by atoms with E-state index in [2.05, 4.69) is 39.6 Å². The van der Waals surface area contributed by atoms with Crippen molar-refractivity contribution < 1.29 is 9.53 Å². The smallest absolute Gasteiger partial charge is 0.389 e. The lowest BCUT2D eigenvalue weighted by Gasteiger charge is -2.30. The van der Waals surface area contributed by atoms with Crippen molar-refractivity contribution in [1.29, 1.82) is 0 Å². The molecule has 1 atom stereocenters. The fourth-order valence-electron chi connectivity index (χ4n) is 2.64. The average Bonchev–Trinajstić information content (AvgIpc) is 2.44. The topological polar surface area (TPSA) is 55.3 Å². The highest BCUT2D eigenvalue weighted by molar-refractivity contribution is 5.71. The molecule has 2 heterocycles. The van der Waals surface area contributed by atoms with Crippen LogP contribution < -0.4 is 4.74 Å². The van der Waals surface area contributed by atoms with Crippen molar-refractivity contribution in [2.75, 3.05) is 13.1 Å². The number of nitrogens with zero attached hydrogens (tertiary/aromatic N) is 3. The number of carbonyl (C=O) groups is 1. The van der Waals surface area contributed by atoms with Crippen molar-refractivity contribution in [3.05, 3.63) is 17.6 Å². The molecule has 1 aliphatic heterocycles. The molecule has 0 aliphatic carbocycles. The van der Waals surface area contributed by atoms with Crippen LogP contribution in [0.3, 0.4) is 0 Å². The summed E-state index contributed by atoms with van der Waals surface area (Å²) in [5.74, 6) is 0.606. The fraction of sp³-hybridized carbons (Fsp3) is 0.737. The third kappa shape index (κ3) is 4.68. The summed E-state index contributed by atoms with van der Waals surface area (Å²) < 4.78 is 5.56. The van der Waals surface area contributed by atoms with E-state index in [0.29, 0.717) is 5.88 Å². The lowest BCUT2D eigenvalue weighted by molar-refractivity contribution is 0.122. The van der Waals surface area contributed by atoms with Gasteiger partial charge in [0.05, 0.1) is 11.9 Å². The van der Waals surface area contributed by atoms with Crippen molar-refractivity contribution in [2.45, 2.75) is 78.1 Å². The molecule has 0 saturated carbocycles. The van der Waals surface area contributed by atoms with Crippen LogP contribution in [-0.4, -0.2) is 34.1 Å². The first-order valence-corrected chi connectivity index (χ1v) is 9.17. The number of aromatic nitrogens is 2. The molecule has 1 amide bonds. The van der Waals surface area contributed by atoms with Gasteiger partial charge in [-0.05, 0) is 12.8 Å². The molecule has 0 aromatic carbocycles. The molecule has 0 radical (unpaired) electrons.